The van der Waals surface area contributed by atoms with Crippen LogP contribution < -0.4 is 14.8 Å². The number of nitrogens with one attached hydrogen (secondary N) is 1. The highest BCUT2D eigenvalue weighted by Gasteiger charge is 2.64. The Morgan fingerprint density at radius 2 is 1.77 bits per heavy atom. The summed E-state index contributed by atoms with van der Waals surface area (Å²) in [5.74, 6) is -1.41. The van der Waals surface area contributed by atoms with Crippen molar-refractivity contribution >= 4 is 29.4 Å². The predicted octanol–water partition coefficient (Wildman–Crippen LogP) is 4.97. The Labute approximate surface area is 254 Å². The van der Waals surface area contributed by atoms with E-state index in [0.29, 0.717) is 35.1 Å². The number of carboxylic acids is 1. The summed E-state index contributed by atoms with van der Waals surface area (Å²) in [6.45, 7) is 8.85. The summed E-state index contributed by atoms with van der Waals surface area (Å²) in [5.41, 5.74) is -0.423. The van der Waals surface area contributed by atoms with Crippen LogP contribution in [0.5, 0.6) is 11.5 Å². The minimum Gasteiger partial charge on any atom is -0.494 e. The topological polar surface area (TPSA) is 153 Å². The Morgan fingerprint density at radius 3 is 2.40 bits per heavy atom. The molecule has 1 aromatic heterocycles. The summed E-state index contributed by atoms with van der Waals surface area (Å²) in [6.07, 6.45) is 2.03. The number of methoxy groups -OCH3 is 1. The van der Waals surface area contributed by atoms with Crippen LogP contribution in [0.2, 0.25) is 5.02 Å². The molecule has 2 aromatic carbocycles. The number of benzene rings is 2. The zero-order chi connectivity index (χ0) is 31.5. The van der Waals surface area contributed by atoms with E-state index < -0.39 is 22.8 Å². The number of amides is 1. The number of halogens is 1. The van der Waals surface area contributed by atoms with Crippen LogP contribution in [0.15, 0.2) is 48.7 Å². The van der Waals surface area contributed by atoms with Crippen molar-refractivity contribution in [2.75, 3.05) is 13.7 Å². The van der Waals surface area contributed by atoms with Crippen molar-refractivity contribution in [2.45, 2.75) is 52.8 Å². The number of carbonyl (C=O) groups excluding carboxylic acids is 2. The highest BCUT2D eigenvalue weighted by atomic mass is 35.5. The number of rotatable bonds is 11. The Bertz CT molecular complexity index is 1570. The van der Waals surface area contributed by atoms with Crippen LogP contribution in [0.3, 0.4) is 0 Å². The van der Waals surface area contributed by atoms with Gasteiger partial charge < -0.3 is 24.6 Å². The van der Waals surface area contributed by atoms with E-state index in [4.69, 9.17) is 26.3 Å². The molecular weight excluding hydrogens is 576 g/mol. The van der Waals surface area contributed by atoms with E-state index in [2.05, 4.69) is 15.2 Å². The second-order valence-electron chi connectivity index (χ2n) is 11.5. The van der Waals surface area contributed by atoms with Gasteiger partial charge in [0.1, 0.15) is 29.4 Å². The maximum absolute atomic E-state index is 13.1. The molecule has 4 rings (SSSR count). The standard InChI is InChI=1S/C31H33ClN4O7/c1-30(2)28(31(3,4)29(30)43-20-8-7-18(17-33)23(32)16-20)34-25(37)24-11-13-36(35-24)12-6-14-42-19-9-10-21(26(38)39)22(15-19)27(40)41-5/h7-11,13,15-16,28-29H,6,12,14H2,1-5H3,(H,34,37)(H,38,39)/t28-,29-. The monoisotopic (exact) mass is 608 g/mol. The van der Waals surface area contributed by atoms with Crippen LogP contribution in [-0.2, 0) is 11.3 Å². The van der Waals surface area contributed by atoms with Crippen molar-refractivity contribution in [3.63, 3.8) is 0 Å². The Balaban J connectivity index is 1.31. The van der Waals surface area contributed by atoms with E-state index in [1.807, 2.05) is 33.8 Å². The van der Waals surface area contributed by atoms with E-state index in [9.17, 15) is 19.5 Å². The van der Waals surface area contributed by atoms with E-state index in [-0.39, 0.29) is 41.5 Å². The molecule has 0 saturated heterocycles. The molecule has 2 N–H and O–H groups in total. The molecule has 11 nitrogen and oxygen atoms in total. The van der Waals surface area contributed by atoms with Crippen LogP contribution in [0, 0.1) is 22.2 Å². The Morgan fingerprint density at radius 1 is 1.07 bits per heavy atom. The van der Waals surface area contributed by atoms with Gasteiger partial charge in [-0.25, -0.2) is 9.59 Å². The van der Waals surface area contributed by atoms with Crippen LogP contribution in [0.25, 0.3) is 0 Å². The number of aryl methyl sites for hydroxylation is 1. The van der Waals surface area contributed by atoms with E-state index >= 15 is 0 Å². The van der Waals surface area contributed by atoms with Crippen LogP contribution in [0.1, 0.15) is 70.9 Å². The number of aromatic nitrogens is 2. The predicted molar refractivity (Wildman–Crippen MR) is 156 cm³/mol. The van der Waals surface area contributed by atoms with Gasteiger partial charge in [-0.3, -0.25) is 9.48 Å². The lowest BCUT2D eigenvalue weighted by molar-refractivity contribution is -0.164. The Kier molecular flexibility index (Phi) is 9.01. The highest BCUT2D eigenvalue weighted by Crippen LogP contribution is 2.55. The number of nitriles is 1. The molecule has 0 bridgehead atoms. The molecule has 0 aliphatic heterocycles. The summed E-state index contributed by atoms with van der Waals surface area (Å²) in [4.78, 5) is 36.4. The van der Waals surface area contributed by atoms with Crippen molar-refractivity contribution in [1.29, 1.82) is 5.26 Å². The van der Waals surface area contributed by atoms with E-state index in [0.717, 1.165) is 0 Å². The smallest absolute Gasteiger partial charge is 0.338 e. The molecule has 1 aliphatic rings. The van der Waals surface area contributed by atoms with Crippen molar-refractivity contribution < 1.29 is 33.7 Å². The lowest BCUT2D eigenvalue weighted by Crippen LogP contribution is -2.74. The minimum absolute atomic E-state index is 0.0930. The third kappa shape index (κ3) is 6.44. The van der Waals surface area contributed by atoms with Gasteiger partial charge in [-0.05, 0) is 36.4 Å². The molecule has 43 heavy (non-hydrogen) atoms. The number of aromatic carboxylic acids is 1. The number of esters is 1. The first-order chi connectivity index (χ1) is 20.3. The molecule has 3 aromatic rings. The molecule has 1 aliphatic carbocycles. The van der Waals surface area contributed by atoms with Gasteiger partial charge in [0.15, 0.2) is 0 Å². The summed E-state index contributed by atoms with van der Waals surface area (Å²) in [6, 6.07) is 12.6. The van der Waals surface area contributed by atoms with Gasteiger partial charge in [0.2, 0.25) is 0 Å². The summed E-state index contributed by atoms with van der Waals surface area (Å²) >= 11 is 6.18. The average molecular weight is 609 g/mol. The number of carbonyl (C=O) groups is 3. The summed E-state index contributed by atoms with van der Waals surface area (Å²) in [5, 5.41) is 26.3. The van der Waals surface area contributed by atoms with Gasteiger partial charge in [-0.2, -0.15) is 10.4 Å². The quantitative estimate of drug-likeness (QED) is 0.227. The highest BCUT2D eigenvalue weighted by molar-refractivity contribution is 6.31. The molecule has 0 atom stereocenters. The lowest BCUT2D eigenvalue weighted by atomic mass is 9.49. The van der Waals surface area contributed by atoms with Crippen LogP contribution in [-0.4, -0.2) is 58.6 Å². The normalized spacial score (nSPS) is 18.1. The molecule has 12 heteroatoms. The second kappa shape index (κ2) is 12.4. The maximum Gasteiger partial charge on any atom is 0.338 e. The Hall–Kier alpha value is -4.56. The maximum atomic E-state index is 13.1. The minimum atomic E-state index is -1.24. The van der Waals surface area contributed by atoms with Gasteiger partial charge >= 0.3 is 11.9 Å². The fourth-order valence-corrected chi connectivity index (χ4v) is 6.12. The number of nitrogens with zero attached hydrogens (tertiary/aromatic N) is 3. The summed E-state index contributed by atoms with van der Waals surface area (Å²) < 4.78 is 18.3. The molecule has 1 amide bonds. The third-order valence-corrected chi connectivity index (χ3v) is 8.04. The molecule has 0 radical (unpaired) electrons. The SMILES string of the molecule is COC(=O)c1cc(OCCCn2ccc(C(=O)N[C@H]3C(C)(C)[C@H](Oc4ccc(C#N)c(Cl)c4)C3(C)C)n2)ccc1C(=O)O. The zero-order valence-electron chi connectivity index (χ0n) is 24.5. The summed E-state index contributed by atoms with van der Waals surface area (Å²) in [7, 11) is 1.18. The first kappa shape index (κ1) is 31.4. The van der Waals surface area contributed by atoms with Crippen molar-refractivity contribution in [3.8, 4) is 17.6 Å². The fraction of sp³-hybridized carbons (Fsp3) is 0.387. The van der Waals surface area contributed by atoms with Gasteiger partial charge in [0, 0.05) is 42.1 Å². The number of hydrogen-bond donors (Lipinski definition) is 2. The van der Waals surface area contributed by atoms with Gasteiger partial charge in [-0.15, -0.1) is 0 Å². The number of carboxylic acid groups (broad SMARTS) is 1. The molecule has 226 valence electrons. The molecule has 1 heterocycles. The zero-order valence-corrected chi connectivity index (χ0v) is 25.3. The molecule has 0 spiro atoms. The first-order valence-electron chi connectivity index (χ1n) is 13.6. The first-order valence-corrected chi connectivity index (χ1v) is 14.0. The molecular formula is C31H33ClN4O7. The number of ether oxygens (including phenoxy) is 3. The lowest BCUT2D eigenvalue weighted by Gasteiger charge is -2.63. The van der Waals surface area contributed by atoms with Crippen molar-refractivity contribution in [2.24, 2.45) is 10.8 Å². The second-order valence-corrected chi connectivity index (χ2v) is 11.9. The van der Waals surface area contributed by atoms with Crippen molar-refractivity contribution in [3.05, 3.63) is 76.1 Å². The van der Waals surface area contributed by atoms with Gasteiger partial charge in [0.25, 0.3) is 5.91 Å². The molecule has 0 unspecified atom stereocenters. The van der Waals surface area contributed by atoms with Crippen molar-refractivity contribution in [1.82, 2.24) is 15.1 Å². The van der Waals surface area contributed by atoms with Crippen LogP contribution in [0.4, 0.5) is 0 Å². The molecule has 1 saturated carbocycles. The van der Waals surface area contributed by atoms with Gasteiger partial charge in [0.05, 0.1) is 35.4 Å². The number of hydrogen-bond acceptors (Lipinski definition) is 8. The largest absolute Gasteiger partial charge is 0.494 e. The third-order valence-electron chi connectivity index (χ3n) is 7.73. The average Bonchev–Trinajstić information content (AvgIpc) is 3.45. The van der Waals surface area contributed by atoms with Gasteiger partial charge in [-0.1, -0.05) is 39.3 Å². The fourth-order valence-electron chi connectivity index (χ4n) is 5.90. The van der Waals surface area contributed by atoms with E-state index in [1.54, 1.807) is 35.1 Å². The molecule has 1 fully saturated rings. The van der Waals surface area contributed by atoms with E-state index in [1.165, 1.54) is 25.3 Å². The van der Waals surface area contributed by atoms with Crippen LogP contribution >= 0.6 is 11.6 Å².